The van der Waals surface area contributed by atoms with Gasteiger partial charge in [0, 0.05) is 49.8 Å². The predicted octanol–water partition coefficient (Wildman–Crippen LogP) is 2.70. The smallest absolute Gasteiger partial charge is 0.339 e. The fraction of sp³-hybridized carbons (Fsp3) is 0.556. The molecule has 8 heteroatoms. The van der Waals surface area contributed by atoms with Crippen LogP contribution in [0.1, 0.15) is 48.3 Å². The summed E-state index contributed by atoms with van der Waals surface area (Å²) in [6.07, 6.45) is 5.11. The number of rotatable bonds is 5. The molecule has 0 aromatic carbocycles. The molecule has 1 saturated carbocycles. The van der Waals surface area contributed by atoms with E-state index in [-0.39, 0.29) is 5.97 Å². The number of carbonyl (C=O) groups excluding carboxylic acids is 1. The molecule has 1 saturated heterocycles. The van der Waals surface area contributed by atoms with Crippen LogP contribution in [0.5, 0.6) is 0 Å². The maximum atomic E-state index is 11.7. The Morgan fingerprint density at radius 1 is 1.23 bits per heavy atom. The van der Waals surface area contributed by atoms with Crippen molar-refractivity contribution in [2.75, 3.05) is 42.6 Å². The van der Waals surface area contributed by atoms with Crippen molar-refractivity contribution in [2.45, 2.75) is 32.1 Å². The zero-order chi connectivity index (χ0) is 17.9. The van der Waals surface area contributed by atoms with Crippen LogP contribution in [-0.4, -0.2) is 53.1 Å². The standard InChI is InChI=1S/C18H23N5O2S/c1-2-25-17(24)14-6-7-15(19-12-14)22-8-3-9-23(11-10-22)18-20-16(21-26-18)13-4-5-13/h6-7,12-13H,2-5,8-11H2,1H3. The number of anilines is 2. The van der Waals surface area contributed by atoms with E-state index in [1.807, 2.05) is 6.07 Å². The second-order valence-corrected chi connectivity index (χ2v) is 7.39. The SMILES string of the molecule is CCOC(=O)c1ccc(N2CCCN(c3nc(C4CC4)ns3)CC2)nc1. The summed E-state index contributed by atoms with van der Waals surface area (Å²) in [6.45, 7) is 5.88. The lowest BCUT2D eigenvalue weighted by atomic mass is 10.2. The molecule has 2 aromatic rings. The van der Waals surface area contributed by atoms with Crippen molar-refractivity contribution in [2.24, 2.45) is 0 Å². The van der Waals surface area contributed by atoms with Crippen molar-refractivity contribution in [3.63, 3.8) is 0 Å². The van der Waals surface area contributed by atoms with Gasteiger partial charge in [0.05, 0.1) is 12.2 Å². The van der Waals surface area contributed by atoms with Gasteiger partial charge in [-0.05, 0) is 38.3 Å². The van der Waals surface area contributed by atoms with Crippen molar-refractivity contribution in [3.8, 4) is 0 Å². The van der Waals surface area contributed by atoms with Gasteiger partial charge in [0.2, 0.25) is 5.13 Å². The first-order valence-electron chi connectivity index (χ1n) is 9.21. The zero-order valence-corrected chi connectivity index (χ0v) is 15.7. The molecule has 0 spiro atoms. The lowest BCUT2D eigenvalue weighted by Gasteiger charge is -2.22. The van der Waals surface area contributed by atoms with Gasteiger partial charge in [-0.15, -0.1) is 0 Å². The van der Waals surface area contributed by atoms with Gasteiger partial charge in [-0.3, -0.25) is 0 Å². The molecule has 0 amide bonds. The molecule has 1 aliphatic carbocycles. The Kier molecular flexibility index (Phi) is 5.01. The highest BCUT2D eigenvalue weighted by atomic mass is 32.1. The molecule has 0 N–H and O–H groups in total. The van der Waals surface area contributed by atoms with E-state index in [1.165, 1.54) is 24.4 Å². The minimum atomic E-state index is -0.323. The second-order valence-electron chi connectivity index (χ2n) is 6.66. The molecule has 2 aliphatic rings. The van der Waals surface area contributed by atoms with Crippen LogP contribution in [0.25, 0.3) is 0 Å². The number of nitrogens with zero attached hydrogens (tertiary/aromatic N) is 5. The van der Waals surface area contributed by atoms with Crippen LogP contribution in [0, 0.1) is 0 Å². The van der Waals surface area contributed by atoms with Gasteiger partial charge in [-0.1, -0.05) is 0 Å². The third-order valence-corrected chi connectivity index (χ3v) is 5.51. The van der Waals surface area contributed by atoms with E-state index < -0.39 is 0 Å². The van der Waals surface area contributed by atoms with Crippen LogP contribution in [0.4, 0.5) is 10.9 Å². The minimum Gasteiger partial charge on any atom is -0.462 e. The first-order valence-corrected chi connectivity index (χ1v) is 9.98. The highest BCUT2D eigenvalue weighted by molar-refractivity contribution is 7.09. The highest BCUT2D eigenvalue weighted by Gasteiger charge is 2.29. The molecule has 26 heavy (non-hydrogen) atoms. The third kappa shape index (κ3) is 3.80. The van der Waals surface area contributed by atoms with Crippen LogP contribution in [0.3, 0.4) is 0 Å². The number of aromatic nitrogens is 3. The average molecular weight is 373 g/mol. The summed E-state index contributed by atoms with van der Waals surface area (Å²) >= 11 is 1.52. The Morgan fingerprint density at radius 3 is 2.77 bits per heavy atom. The van der Waals surface area contributed by atoms with Crippen LogP contribution >= 0.6 is 11.5 Å². The lowest BCUT2D eigenvalue weighted by molar-refractivity contribution is 0.0526. The van der Waals surface area contributed by atoms with E-state index in [2.05, 4.69) is 19.2 Å². The fourth-order valence-corrected chi connectivity index (χ4v) is 3.91. The Morgan fingerprint density at radius 2 is 2.04 bits per heavy atom. The van der Waals surface area contributed by atoms with E-state index in [0.29, 0.717) is 18.1 Å². The molecule has 0 bridgehead atoms. The molecule has 0 unspecified atom stereocenters. The van der Waals surface area contributed by atoms with Gasteiger partial charge < -0.3 is 14.5 Å². The first-order chi connectivity index (χ1) is 12.7. The second kappa shape index (κ2) is 7.57. The molecule has 1 aliphatic heterocycles. The topological polar surface area (TPSA) is 71.5 Å². The van der Waals surface area contributed by atoms with Gasteiger partial charge in [-0.25, -0.2) is 14.8 Å². The first kappa shape index (κ1) is 17.2. The molecule has 0 atom stereocenters. The van der Waals surface area contributed by atoms with Crippen molar-refractivity contribution in [1.29, 1.82) is 0 Å². The van der Waals surface area contributed by atoms with Gasteiger partial charge in [0.25, 0.3) is 0 Å². The van der Waals surface area contributed by atoms with Crippen LogP contribution < -0.4 is 9.80 Å². The monoisotopic (exact) mass is 373 g/mol. The molecule has 138 valence electrons. The zero-order valence-electron chi connectivity index (χ0n) is 14.9. The number of esters is 1. The van der Waals surface area contributed by atoms with E-state index in [4.69, 9.17) is 9.72 Å². The summed E-state index contributed by atoms with van der Waals surface area (Å²) in [4.78, 5) is 25.5. The molecular formula is C18H23N5O2S. The predicted molar refractivity (Wildman–Crippen MR) is 101 cm³/mol. The van der Waals surface area contributed by atoms with Crippen molar-refractivity contribution < 1.29 is 9.53 Å². The Bertz CT molecular complexity index is 759. The molecule has 2 fully saturated rings. The van der Waals surface area contributed by atoms with Crippen molar-refractivity contribution >= 4 is 28.5 Å². The van der Waals surface area contributed by atoms with Crippen LogP contribution in [0.15, 0.2) is 18.3 Å². The normalized spacial score (nSPS) is 17.9. The Balaban J connectivity index is 1.39. The average Bonchev–Trinajstić information content (AvgIpc) is 3.45. The number of pyridine rings is 1. The number of hydrogen-bond acceptors (Lipinski definition) is 8. The number of carbonyl (C=O) groups is 1. The fourth-order valence-electron chi connectivity index (χ4n) is 3.11. The lowest BCUT2D eigenvalue weighted by Crippen LogP contribution is -2.31. The van der Waals surface area contributed by atoms with Crippen LogP contribution in [0.2, 0.25) is 0 Å². The molecule has 2 aromatic heterocycles. The molecule has 0 radical (unpaired) electrons. The maximum absolute atomic E-state index is 11.7. The third-order valence-electron chi connectivity index (χ3n) is 4.72. The molecule has 7 nitrogen and oxygen atoms in total. The van der Waals surface area contributed by atoms with Gasteiger partial charge in [-0.2, -0.15) is 4.37 Å². The van der Waals surface area contributed by atoms with E-state index >= 15 is 0 Å². The van der Waals surface area contributed by atoms with E-state index in [9.17, 15) is 4.79 Å². The molecule has 3 heterocycles. The van der Waals surface area contributed by atoms with Gasteiger partial charge >= 0.3 is 5.97 Å². The maximum Gasteiger partial charge on any atom is 0.339 e. The summed E-state index contributed by atoms with van der Waals surface area (Å²) in [5.74, 6) is 2.21. The molecule has 4 rings (SSSR count). The molecular weight excluding hydrogens is 350 g/mol. The largest absolute Gasteiger partial charge is 0.462 e. The summed E-state index contributed by atoms with van der Waals surface area (Å²) in [6, 6.07) is 3.69. The van der Waals surface area contributed by atoms with Crippen molar-refractivity contribution in [3.05, 3.63) is 29.7 Å². The summed E-state index contributed by atoms with van der Waals surface area (Å²) in [7, 11) is 0. The quantitative estimate of drug-likeness (QED) is 0.746. The van der Waals surface area contributed by atoms with Gasteiger partial charge in [0.1, 0.15) is 11.6 Å². The van der Waals surface area contributed by atoms with E-state index in [0.717, 1.165) is 49.4 Å². The van der Waals surface area contributed by atoms with Crippen LogP contribution in [-0.2, 0) is 4.74 Å². The van der Waals surface area contributed by atoms with E-state index in [1.54, 1.807) is 19.2 Å². The Labute approximate surface area is 157 Å². The number of ether oxygens (including phenoxy) is 1. The minimum absolute atomic E-state index is 0.323. The van der Waals surface area contributed by atoms with Gasteiger partial charge in [0.15, 0.2) is 0 Å². The Hall–Kier alpha value is -2.22. The number of hydrogen-bond donors (Lipinski definition) is 0. The summed E-state index contributed by atoms with van der Waals surface area (Å²) in [5, 5.41) is 1.04. The summed E-state index contributed by atoms with van der Waals surface area (Å²) < 4.78 is 9.53. The summed E-state index contributed by atoms with van der Waals surface area (Å²) in [5.41, 5.74) is 0.494. The van der Waals surface area contributed by atoms with Crippen molar-refractivity contribution in [1.82, 2.24) is 14.3 Å². The highest BCUT2D eigenvalue weighted by Crippen LogP contribution is 2.39.